The molecule has 0 bridgehead atoms. The predicted molar refractivity (Wildman–Crippen MR) is 36.6 cm³/mol. The Morgan fingerprint density at radius 3 is 1.88 bits per heavy atom. The minimum absolute atomic E-state index is 0.611. The maximum Gasteiger partial charge on any atom is 0.227 e. The lowest BCUT2D eigenvalue weighted by Crippen LogP contribution is -1.77. The lowest BCUT2D eigenvalue weighted by Gasteiger charge is -1.65. The normalized spacial score (nSPS) is 6.25. The van der Waals surface area contributed by atoms with Crippen LogP contribution in [0.4, 0.5) is 0 Å². The molecule has 0 aromatic carbocycles. The standard InChI is InChI=1S/C2H3NO2.C2H6S/c1-2-3(4)5;1-3-2/h2H,1H2;1-2H3. The smallest absolute Gasteiger partial charge is 0.227 e. The maximum absolute atomic E-state index is 9.06. The van der Waals surface area contributed by atoms with Crippen LogP contribution in [0.1, 0.15) is 0 Å². The van der Waals surface area contributed by atoms with Crippen molar-refractivity contribution < 1.29 is 4.92 Å². The Bertz CT molecular complexity index is 74.4. The van der Waals surface area contributed by atoms with Crippen molar-refractivity contribution in [1.29, 1.82) is 0 Å². The summed E-state index contributed by atoms with van der Waals surface area (Å²) in [4.78, 5) is 8.44. The Labute approximate surface area is 52.9 Å². The van der Waals surface area contributed by atoms with Gasteiger partial charge in [-0.25, -0.2) is 0 Å². The minimum Gasteiger partial charge on any atom is -0.259 e. The zero-order chi connectivity index (χ0) is 6.99. The second-order valence-electron chi connectivity index (χ2n) is 0.876. The molecular formula is C4H9NO2S. The van der Waals surface area contributed by atoms with Crippen LogP contribution in [0.5, 0.6) is 0 Å². The molecule has 0 atom stereocenters. The Hall–Kier alpha value is -0.510. The Balaban J connectivity index is 0. The molecule has 0 aliphatic carbocycles. The van der Waals surface area contributed by atoms with Crippen LogP contribution in [0, 0.1) is 10.1 Å². The van der Waals surface area contributed by atoms with Gasteiger partial charge in [0.2, 0.25) is 6.20 Å². The van der Waals surface area contributed by atoms with Gasteiger partial charge in [-0.3, -0.25) is 10.1 Å². The average Bonchev–Trinajstić information content (AvgIpc) is 1.69. The number of rotatable bonds is 1. The van der Waals surface area contributed by atoms with E-state index < -0.39 is 4.92 Å². The number of thioether (sulfide) groups is 1. The quantitative estimate of drug-likeness (QED) is 0.403. The molecule has 0 saturated carbocycles. The Kier molecular flexibility index (Phi) is 12.7. The van der Waals surface area contributed by atoms with Crippen LogP contribution in [-0.2, 0) is 0 Å². The first kappa shape index (κ1) is 10.5. The third-order valence-corrected chi connectivity index (χ3v) is 0.149. The Morgan fingerprint density at radius 1 is 1.75 bits per heavy atom. The van der Waals surface area contributed by atoms with Gasteiger partial charge in [0.25, 0.3) is 0 Å². The average molecular weight is 135 g/mol. The summed E-state index contributed by atoms with van der Waals surface area (Å²) in [7, 11) is 0. The van der Waals surface area contributed by atoms with Gasteiger partial charge >= 0.3 is 0 Å². The molecule has 0 heterocycles. The number of hydrogen-bond acceptors (Lipinski definition) is 3. The first-order valence-corrected chi connectivity index (χ1v) is 3.48. The van der Waals surface area contributed by atoms with Gasteiger partial charge in [0.05, 0.1) is 4.92 Å². The van der Waals surface area contributed by atoms with Crippen LogP contribution >= 0.6 is 11.8 Å². The van der Waals surface area contributed by atoms with Crippen molar-refractivity contribution in [2.75, 3.05) is 12.5 Å². The van der Waals surface area contributed by atoms with Gasteiger partial charge in [0.1, 0.15) is 0 Å². The van der Waals surface area contributed by atoms with Crippen LogP contribution in [0.3, 0.4) is 0 Å². The fourth-order valence-corrected chi connectivity index (χ4v) is 0. The molecule has 8 heavy (non-hydrogen) atoms. The van der Waals surface area contributed by atoms with Crippen molar-refractivity contribution in [2.24, 2.45) is 0 Å². The van der Waals surface area contributed by atoms with E-state index in [1.54, 1.807) is 11.8 Å². The van der Waals surface area contributed by atoms with Crippen molar-refractivity contribution in [1.82, 2.24) is 0 Å². The Morgan fingerprint density at radius 2 is 1.88 bits per heavy atom. The van der Waals surface area contributed by atoms with Gasteiger partial charge in [0, 0.05) is 0 Å². The van der Waals surface area contributed by atoms with E-state index in [2.05, 4.69) is 6.58 Å². The molecule has 0 amide bonds. The zero-order valence-electron chi connectivity index (χ0n) is 4.96. The highest BCUT2D eigenvalue weighted by Crippen LogP contribution is 1.70. The predicted octanol–water partition coefficient (Wildman–Crippen LogP) is 1.39. The molecule has 4 heteroatoms. The van der Waals surface area contributed by atoms with Crippen LogP contribution in [-0.4, -0.2) is 17.4 Å². The van der Waals surface area contributed by atoms with E-state index in [4.69, 9.17) is 10.1 Å². The van der Waals surface area contributed by atoms with E-state index >= 15 is 0 Å². The first-order chi connectivity index (χ1) is 3.68. The maximum atomic E-state index is 9.06. The van der Waals surface area contributed by atoms with Crippen molar-refractivity contribution in [3.8, 4) is 0 Å². The lowest BCUT2D eigenvalue weighted by atomic mass is 11.1. The SMILES string of the molecule is C=C[N+](=O)[O-].CSC. The lowest BCUT2D eigenvalue weighted by molar-refractivity contribution is -0.401. The minimum atomic E-state index is -0.611. The van der Waals surface area contributed by atoms with Gasteiger partial charge in [-0.1, -0.05) is 0 Å². The molecule has 0 aliphatic heterocycles. The van der Waals surface area contributed by atoms with Gasteiger partial charge in [-0.05, 0) is 19.1 Å². The summed E-state index contributed by atoms with van der Waals surface area (Å²) in [6, 6.07) is 0. The fourth-order valence-electron chi connectivity index (χ4n) is 0. The molecule has 0 rings (SSSR count). The third kappa shape index (κ3) is 49.9. The van der Waals surface area contributed by atoms with Crippen LogP contribution in [0.25, 0.3) is 0 Å². The van der Waals surface area contributed by atoms with Gasteiger partial charge in [0.15, 0.2) is 0 Å². The summed E-state index contributed by atoms with van der Waals surface area (Å²) in [5.74, 6) is 0. The molecular weight excluding hydrogens is 126 g/mol. The fraction of sp³-hybridized carbons (Fsp3) is 0.500. The highest BCUT2D eigenvalue weighted by atomic mass is 32.2. The first-order valence-electron chi connectivity index (χ1n) is 1.85. The van der Waals surface area contributed by atoms with E-state index in [-0.39, 0.29) is 0 Å². The molecule has 0 aromatic rings. The molecule has 0 fully saturated rings. The van der Waals surface area contributed by atoms with Gasteiger partial charge in [-0.15, -0.1) is 0 Å². The number of nitro groups is 1. The second kappa shape index (κ2) is 9.70. The third-order valence-electron chi connectivity index (χ3n) is 0.149. The summed E-state index contributed by atoms with van der Waals surface area (Å²) in [6.07, 6.45) is 4.72. The molecule has 0 aliphatic rings. The summed E-state index contributed by atoms with van der Waals surface area (Å²) >= 11 is 1.75. The van der Waals surface area contributed by atoms with Gasteiger partial charge in [-0.2, -0.15) is 11.8 Å². The second-order valence-corrected chi connectivity index (χ2v) is 1.69. The van der Waals surface area contributed by atoms with Crippen LogP contribution in [0.2, 0.25) is 0 Å². The van der Waals surface area contributed by atoms with E-state index in [1.165, 1.54) is 0 Å². The molecule has 3 nitrogen and oxygen atoms in total. The molecule has 0 saturated heterocycles. The van der Waals surface area contributed by atoms with Crippen molar-refractivity contribution in [3.63, 3.8) is 0 Å². The molecule has 0 N–H and O–H groups in total. The van der Waals surface area contributed by atoms with E-state index in [0.29, 0.717) is 6.20 Å². The topological polar surface area (TPSA) is 43.1 Å². The zero-order valence-corrected chi connectivity index (χ0v) is 5.77. The van der Waals surface area contributed by atoms with Crippen molar-refractivity contribution in [2.45, 2.75) is 0 Å². The van der Waals surface area contributed by atoms with Gasteiger partial charge < -0.3 is 0 Å². The van der Waals surface area contributed by atoms with E-state index in [1.807, 2.05) is 12.5 Å². The summed E-state index contributed by atoms with van der Waals surface area (Å²) in [6.45, 7) is 2.86. The van der Waals surface area contributed by atoms with Crippen molar-refractivity contribution >= 4 is 11.8 Å². The molecule has 0 aromatic heterocycles. The highest BCUT2D eigenvalue weighted by molar-refractivity contribution is 7.97. The van der Waals surface area contributed by atoms with Crippen LogP contribution < -0.4 is 0 Å². The molecule has 0 radical (unpaired) electrons. The van der Waals surface area contributed by atoms with Crippen molar-refractivity contribution in [3.05, 3.63) is 22.9 Å². The molecule has 0 unspecified atom stereocenters. The number of hydrogen-bond donors (Lipinski definition) is 0. The van der Waals surface area contributed by atoms with E-state index in [9.17, 15) is 0 Å². The summed E-state index contributed by atoms with van der Waals surface area (Å²) in [5, 5.41) is 9.06. The summed E-state index contributed by atoms with van der Waals surface area (Å²) in [5.41, 5.74) is 0. The van der Waals surface area contributed by atoms with Crippen LogP contribution in [0.15, 0.2) is 12.8 Å². The molecule has 48 valence electrons. The number of nitrogens with zero attached hydrogens (tertiary/aromatic N) is 1. The van der Waals surface area contributed by atoms with E-state index in [0.717, 1.165) is 0 Å². The highest BCUT2D eigenvalue weighted by Gasteiger charge is 1.69. The largest absolute Gasteiger partial charge is 0.259 e. The summed E-state index contributed by atoms with van der Waals surface area (Å²) < 4.78 is 0. The monoisotopic (exact) mass is 135 g/mol. The molecule has 0 spiro atoms.